The van der Waals surface area contributed by atoms with Gasteiger partial charge in [-0.2, -0.15) is 35.7 Å². The lowest BCUT2D eigenvalue weighted by Gasteiger charge is -2.08. The summed E-state index contributed by atoms with van der Waals surface area (Å²) in [5, 5.41) is 0. The molecule has 10 nitrogen and oxygen atoms in total. The fourth-order valence-electron chi connectivity index (χ4n) is 3.71. The van der Waals surface area contributed by atoms with E-state index in [0.717, 1.165) is 13.1 Å². The van der Waals surface area contributed by atoms with E-state index in [4.69, 9.17) is 25.9 Å². The van der Waals surface area contributed by atoms with Crippen molar-refractivity contribution < 1.29 is 61.6 Å². The molecule has 0 amide bonds. The summed E-state index contributed by atoms with van der Waals surface area (Å²) >= 11 is 4.93. The minimum Gasteiger partial charge on any atom is -0.741 e. The molecule has 0 aromatic carbocycles. The van der Waals surface area contributed by atoms with E-state index in [-0.39, 0.29) is 0 Å². The van der Waals surface area contributed by atoms with Gasteiger partial charge in [-0.1, -0.05) is 25.7 Å². The highest BCUT2D eigenvalue weighted by molar-refractivity contribution is 14.1. The van der Waals surface area contributed by atoms with Crippen LogP contribution >= 0.6 is 45.2 Å². The normalized spacial score (nSPS) is 12.5. The summed E-state index contributed by atoms with van der Waals surface area (Å²) in [6.07, 6.45) is 7.94. The molecule has 2 aromatic rings. The lowest BCUT2D eigenvalue weighted by molar-refractivity contribution is -0.759. The Bertz CT molecular complexity index is 1250. The fraction of sp³-hybridized carbons (Fsp3) is 0.727. The Morgan fingerprint density at radius 1 is 0.619 bits per heavy atom. The largest absolute Gasteiger partial charge is 0.741 e. The van der Waals surface area contributed by atoms with Crippen molar-refractivity contribution in [1.29, 1.82) is 0 Å². The van der Waals surface area contributed by atoms with Crippen molar-refractivity contribution in [2.24, 2.45) is 14.1 Å². The summed E-state index contributed by atoms with van der Waals surface area (Å²) in [5.41, 5.74) is -5.72. The summed E-state index contributed by atoms with van der Waals surface area (Å²) in [6, 6.07) is 0. The first kappa shape index (κ1) is 41.3. The first-order valence-corrected chi connectivity index (χ1v) is 17.2. The Hall–Kier alpha value is -0.720. The maximum atomic E-state index is 10.7. The number of aromatic nitrogens is 4. The predicted octanol–water partition coefficient (Wildman–Crippen LogP) is 4.53. The number of alkyl halides is 6. The number of rotatable bonds is 9. The van der Waals surface area contributed by atoms with Crippen LogP contribution in [0.15, 0.2) is 0 Å². The Morgan fingerprint density at radius 3 is 1.00 bits per heavy atom. The third-order valence-electron chi connectivity index (χ3n) is 6.30. The van der Waals surface area contributed by atoms with Gasteiger partial charge in [0.1, 0.15) is 7.14 Å². The molecule has 246 valence electrons. The van der Waals surface area contributed by atoms with E-state index in [1.54, 1.807) is 0 Å². The van der Waals surface area contributed by atoms with Gasteiger partial charge in [0.2, 0.25) is 11.4 Å². The zero-order valence-corrected chi connectivity index (χ0v) is 29.7. The van der Waals surface area contributed by atoms with Crippen molar-refractivity contribution in [1.82, 2.24) is 9.36 Å². The van der Waals surface area contributed by atoms with Crippen molar-refractivity contribution in [3.8, 4) is 0 Å². The molecule has 0 atom stereocenters. The van der Waals surface area contributed by atoms with Gasteiger partial charge in [-0.25, -0.2) is 16.8 Å². The van der Waals surface area contributed by atoms with Crippen LogP contribution in [0.1, 0.15) is 61.3 Å². The first-order chi connectivity index (χ1) is 18.8. The van der Waals surface area contributed by atoms with E-state index in [9.17, 15) is 26.3 Å². The van der Waals surface area contributed by atoms with Crippen molar-refractivity contribution in [3.63, 3.8) is 0 Å². The molecule has 0 unspecified atom stereocenters. The first-order valence-electron chi connectivity index (χ1n) is 12.2. The molecule has 0 aliphatic carbocycles. The molecular formula is C22H34F6I2N4O6S2. The minimum atomic E-state index is -6.09. The lowest BCUT2D eigenvalue weighted by atomic mass is 10.1. The molecule has 0 spiro atoms. The number of nitrogens with zero attached hydrogens (tertiary/aromatic N) is 4. The van der Waals surface area contributed by atoms with Gasteiger partial charge in [-0.15, -0.1) is 9.36 Å². The molecule has 0 saturated carbocycles. The van der Waals surface area contributed by atoms with E-state index >= 15 is 0 Å². The molecular weight excluding hydrogens is 848 g/mol. The molecule has 2 heterocycles. The van der Waals surface area contributed by atoms with E-state index in [0.29, 0.717) is 0 Å². The topological polar surface area (TPSA) is 132 Å². The SMILES string of the molecule is Cc1c(I)c(C)[n+](C)n1CCCCCCCCn1c(C)c(I)c(C)[n+]1C.O=S(=O)([O-])C(F)(F)F.O=S(=O)([O-])C(F)(F)F. The van der Waals surface area contributed by atoms with Gasteiger partial charge in [0, 0.05) is 13.8 Å². The van der Waals surface area contributed by atoms with Gasteiger partial charge < -0.3 is 9.11 Å². The minimum absolute atomic E-state index is 1.14. The number of hydrogen-bond donors (Lipinski definition) is 0. The van der Waals surface area contributed by atoms with E-state index in [2.05, 4.69) is 106 Å². The molecule has 0 saturated heterocycles. The molecule has 0 fully saturated rings. The van der Waals surface area contributed by atoms with Gasteiger partial charge in [0.25, 0.3) is 0 Å². The van der Waals surface area contributed by atoms with Crippen molar-refractivity contribution in [3.05, 3.63) is 29.9 Å². The summed E-state index contributed by atoms with van der Waals surface area (Å²) in [4.78, 5) is 0. The van der Waals surface area contributed by atoms with Crippen LogP contribution in [0.25, 0.3) is 0 Å². The summed E-state index contributed by atoms with van der Waals surface area (Å²) in [7, 11) is -7.83. The molecule has 0 N–H and O–H groups in total. The Balaban J connectivity index is 0.000000861. The van der Waals surface area contributed by atoms with Gasteiger partial charge in [-0.3, -0.25) is 0 Å². The highest BCUT2D eigenvalue weighted by Crippen LogP contribution is 2.21. The van der Waals surface area contributed by atoms with Crippen LogP contribution in [-0.4, -0.2) is 46.3 Å². The number of unbranched alkanes of at least 4 members (excludes halogenated alkanes) is 5. The Kier molecular flexibility index (Phi) is 16.3. The molecule has 0 radical (unpaired) electrons. The third-order valence-corrected chi connectivity index (χ3v) is 10.6. The van der Waals surface area contributed by atoms with Gasteiger partial charge in [-0.05, 0) is 71.9 Å². The summed E-state index contributed by atoms with van der Waals surface area (Å²) in [6.45, 7) is 11.2. The fourth-order valence-corrected chi connectivity index (χ4v) is 4.97. The molecule has 0 aliphatic heterocycles. The Morgan fingerprint density at radius 2 is 0.833 bits per heavy atom. The summed E-state index contributed by atoms with van der Waals surface area (Å²) < 4.78 is 130. The quantitative estimate of drug-likeness (QED) is 0.0910. The van der Waals surface area contributed by atoms with Crippen LogP contribution in [-0.2, 0) is 47.4 Å². The maximum Gasteiger partial charge on any atom is 0.485 e. The smallest absolute Gasteiger partial charge is 0.485 e. The van der Waals surface area contributed by atoms with Crippen molar-refractivity contribution in [2.75, 3.05) is 0 Å². The van der Waals surface area contributed by atoms with E-state index < -0.39 is 31.3 Å². The highest BCUT2D eigenvalue weighted by Gasteiger charge is 2.37. The average molecular weight is 882 g/mol. The van der Waals surface area contributed by atoms with Crippen LogP contribution in [0.2, 0.25) is 0 Å². The Labute approximate surface area is 269 Å². The van der Waals surface area contributed by atoms with Gasteiger partial charge in [0.15, 0.2) is 34.3 Å². The van der Waals surface area contributed by atoms with Crippen LogP contribution in [0.3, 0.4) is 0 Å². The average Bonchev–Trinajstić information content (AvgIpc) is 3.13. The molecule has 20 heteroatoms. The second kappa shape index (κ2) is 16.5. The van der Waals surface area contributed by atoms with Crippen LogP contribution in [0.5, 0.6) is 0 Å². The maximum absolute atomic E-state index is 10.7. The molecule has 0 bridgehead atoms. The zero-order valence-electron chi connectivity index (χ0n) is 23.7. The molecule has 42 heavy (non-hydrogen) atoms. The monoisotopic (exact) mass is 882 g/mol. The van der Waals surface area contributed by atoms with Crippen molar-refractivity contribution >= 4 is 65.4 Å². The summed E-state index contributed by atoms with van der Waals surface area (Å²) in [5.74, 6) is 0. The zero-order chi connectivity index (χ0) is 33.4. The van der Waals surface area contributed by atoms with Gasteiger partial charge in [0.05, 0.1) is 24.5 Å². The van der Waals surface area contributed by atoms with Crippen LogP contribution in [0.4, 0.5) is 26.3 Å². The highest BCUT2D eigenvalue weighted by atomic mass is 127. The molecule has 2 aromatic heterocycles. The third kappa shape index (κ3) is 12.3. The lowest BCUT2D eigenvalue weighted by Crippen LogP contribution is -2.41. The van der Waals surface area contributed by atoms with E-state index in [1.807, 2.05) is 0 Å². The second-order valence-electron chi connectivity index (χ2n) is 9.18. The van der Waals surface area contributed by atoms with Crippen LogP contribution in [0, 0.1) is 34.8 Å². The van der Waals surface area contributed by atoms with Gasteiger partial charge >= 0.3 is 11.0 Å². The number of halogens is 8. The second-order valence-corrected chi connectivity index (χ2v) is 14.1. The van der Waals surface area contributed by atoms with Crippen molar-refractivity contribution in [2.45, 2.75) is 90.3 Å². The molecule has 0 aliphatic rings. The van der Waals surface area contributed by atoms with Crippen LogP contribution < -0.4 is 9.36 Å². The standard InChI is InChI=1S/C20H34I2N4.2CHF3O3S/c1-15-19(21)17(3)25(23(15)5)13-11-9-7-8-10-12-14-26-18(4)20(22)16(2)24(26)6;2*2-1(3,4)8(5,6)7/h7-14H2,1-6H3;2*(H,5,6,7)/q+2;;/p-2. The molecule has 2 rings (SSSR count). The van der Waals surface area contributed by atoms with E-state index in [1.165, 1.54) is 68.4 Å². The number of hydrogen-bond acceptors (Lipinski definition) is 6. The predicted molar refractivity (Wildman–Crippen MR) is 155 cm³/mol.